The summed E-state index contributed by atoms with van der Waals surface area (Å²) in [7, 11) is 0. The van der Waals surface area contributed by atoms with E-state index in [0.717, 1.165) is 54.1 Å². The van der Waals surface area contributed by atoms with Crippen molar-refractivity contribution in [2.24, 2.45) is 0 Å². The molecule has 2 heteroatoms. The molecule has 2 aliphatic carbocycles. The molecule has 0 unspecified atom stereocenters. The zero-order chi connectivity index (χ0) is 27.9. The zero-order valence-electron chi connectivity index (χ0n) is 23.5. The Morgan fingerprint density at radius 3 is 2.02 bits per heavy atom. The molecular weight excluding hydrogens is 510 g/mol. The van der Waals surface area contributed by atoms with Crippen molar-refractivity contribution in [2.75, 3.05) is 4.90 Å². The number of allylic oxidation sites excluding steroid dienone is 5. The molecule has 0 radical (unpaired) electrons. The molecule has 2 nitrogen and oxygen atoms in total. The third kappa shape index (κ3) is 4.37. The Kier molecular flexibility index (Phi) is 6.11. The molecule has 0 saturated carbocycles. The summed E-state index contributed by atoms with van der Waals surface area (Å²) in [4.78, 5) is 2.33. The van der Waals surface area contributed by atoms with Crippen molar-refractivity contribution in [2.45, 2.75) is 25.7 Å². The second kappa shape index (κ2) is 10.4. The van der Waals surface area contributed by atoms with Crippen LogP contribution in [0, 0.1) is 0 Å². The summed E-state index contributed by atoms with van der Waals surface area (Å²) < 4.78 is 6.21. The first-order valence-electron chi connectivity index (χ1n) is 14.9. The quantitative estimate of drug-likeness (QED) is 0.216. The van der Waals surface area contributed by atoms with Crippen LogP contribution in [0.15, 0.2) is 138 Å². The van der Waals surface area contributed by atoms with Gasteiger partial charge in [-0.1, -0.05) is 85.0 Å². The summed E-state index contributed by atoms with van der Waals surface area (Å²) in [6.45, 7) is 0. The highest BCUT2D eigenvalue weighted by Crippen LogP contribution is 2.39. The normalized spacial score (nSPS) is 14.2. The van der Waals surface area contributed by atoms with Crippen LogP contribution in [0.2, 0.25) is 0 Å². The molecule has 0 N–H and O–H groups in total. The average molecular weight is 542 g/mol. The van der Waals surface area contributed by atoms with E-state index in [4.69, 9.17) is 4.42 Å². The zero-order valence-corrected chi connectivity index (χ0v) is 23.5. The monoisotopic (exact) mass is 541 g/mol. The Hall–Kier alpha value is -5.08. The lowest BCUT2D eigenvalue weighted by atomic mass is 9.94. The molecule has 0 aliphatic heterocycles. The Morgan fingerprint density at radius 2 is 1.26 bits per heavy atom. The van der Waals surface area contributed by atoms with E-state index < -0.39 is 0 Å². The molecular formula is C40H31NO. The van der Waals surface area contributed by atoms with Gasteiger partial charge in [-0.05, 0) is 113 Å². The molecule has 0 saturated heterocycles. The average Bonchev–Trinajstić information content (AvgIpc) is 3.46. The van der Waals surface area contributed by atoms with E-state index >= 15 is 0 Å². The highest BCUT2D eigenvalue weighted by Gasteiger charge is 2.18. The van der Waals surface area contributed by atoms with Gasteiger partial charge < -0.3 is 9.32 Å². The largest absolute Gasteiger partial charge is 0.456 e. The summed E-state index contributed by atoms with van der Waals surface area (Å²) in [5, 5.41) is 3.78. The molecule has 1 heterocycles. The third-order valence-electron chi connectivity index (χ3n) is 8.56. The molecule has 202 valence electrons. The van der Waals surface area contributed by atoms with Crippen molar-refractivity contribution >= 4 is 50.5 Å². The molecule has 0 spiro atoms. The summed E-state index contributed by atoms with van der Waals surface area (Å²) >= 11 is 0. The van der Waals surface area contributed by atoms with Crippen molar-refractivity contribution in [1.82, 2.24) is 0 Å². The van der Waals surface area contributed by atoms with E-state index in [-0.39, 0.29) is 0 Å². The van der Waals surface area contributed by atoms with Crippen LogP contribution >= 0.6 is 0 Å². The topological polar surface area (TPSA) is 16.4 Å². The predicted octanol–water partition coefficient (Wildman–Crippen LogP) is 11.4. The molecule has 0 atom stereocenters. The number of fused-ring (bicyclic) bond motifs is 5. The first kappa shape index (κ1) is 24.7. The summed E-state index contributed by atoms with van der Waals surface area (Å²) in [5.41, 5.74) is 10.7. The maximum absolute atomic E-state index is 6.21. The number of hydrogen-bond acceptors (Lipinski definition) is 2. The first-order chi connectivity index (χ1) is 20.8. The minimum absolute atomic E-state index is 0.979. The highest BCUT2D eigenvalue weighted by molar-refractivity contribution is 6.10. The van der Waals surface area contributed by atoms with E-state index in [2.05, 4.69) is 144 Å². The van der Waals surface area contributed by atoms with Crippen molar-refractivity contribution in [3.8, 4) is 11.1 Å². The summed E-state index contributed by atoms with van der Waals surface area (Å²) in [6.07, 6.45) is 15.5. The van der Waals surface area contributed by atoms with Crippen LogP contribution in [0.1, 0.15) is 36.1 Å². The fourth-order valence-corrected chi connectivity index (χ4v) is 6.44. The molecule has 8 rings (SSSR count). The Bertz CT molecular complexity index is 2010. The van der Waals surface area contributed by atoms with Gasteiger partial charge in [0.15, 0.2) is 0 Å². The molecule has 42 heavy (non-hydrogen) atoms. The number of furan rings is 1. The minimum atomic E-state index is 0.979. The maximum atomic E-state index is 6.21. The van der Waals surface area contributed by atoms with Gasteiger partial charge in [0.1, 0.15) is 11.3 Å². The lowest BCUT2D eigenvalue weighted by molar-refractivity contribution is 0.595. The molecule has 0 bridgehead atoms. The predicted molar refractivity (Wildman–Crippen MR) is 178 cm³/mol. The SMILES string of the molecule is C1=CC(c2ccc(N(c3ccccc3)c3ccc(-c4ccc5ccc6oc7c(c6c5c4)CCC=C7)cc3)cc2)=CCC1. The number of hydrogen-bond donors (Lipinski definition) is 0. The second-order valence-corrected chi connectivity index (χ2v) is 11.2. The lowest BCUT2D eigenvalue weighted by Gasteiger charge is -2.26. The Balaban J connectivity index is 1.17. The van der Waals surface area contributed by atoms with Crippen LogP contribution in [0.3, 0.4) is 0 Å². The number of rotatable bonds is 5. The van der Waals surface area contributed by atoms with Gasteiger partial charge in [-0.15, -0.1) is 0 Å². The van der Waals surface area contributed by atoms with Gasteiger partial charge >= 0.3 is 0 Å². The molecule has 0 amide bonds. The fraction of sp³-hybridized carbons (Fsp3) is 0.100. The number of para-hydroxylation sites is 1. The number of anilines is 3. The van der Waals surface area contributed by atoms with Gasteiger partial charge in [0, 0.05) is 28.0 Å². The second-order valence-electron chi connectivity index (χ2n) is 11.2. The number of aryl methyl sites for hydroxylation is 1. The van der Waals surface area contributed by atoms with Gasteiger partial charge in [-0.2, -0.15) is 0 Å². The first-order valence-corrected chi connectivity index (χ1v) is 14.9. The summed E-state index contributed by atoms with van der Waals surface area (Å²) in [6, 6.07) is 39.6. The van der Waals surface area contributed by atoms with Crippen LogP contribution < -0.4 is 4.90 Å². The molecule has 0 fully saturated rings. The van der Waals surface area contributed by atoms with Crippen LogP contribution in [0.5, 0.6) is 0 Å². The highest BCUT2D eigenvalue weighted by atomic mass is 16.3. The van der Waals surface area contributed by atoms with Crippen molar-refractivity contribution in [3.63, 3.8) is 0 Å². The van der Waals surface area contributed by atoms with Crippen LogP contribution in [-0.4, -0.2) is 0 Å². The van der Waals surface area contributed by atoms with Crippen molar-refractivity contribution < 1.29 is 4.42 Å². The minimum Gasteiger partial charge on any atom is -0.456 e. The van der Waals surface area contributed by atoms with Gasteiger partial charge in [0.05, 0.1) is 0 Å². The van der Waals surface area contributed by atoms with E-state index in [1.165, 1.54) is 44.0 Å². The van der Waals surface area contributed by atoms with E-state index in [9.17, 15) is 0 Å². The molecule has 1 aromatic heterocycles. The van der Waals surface area contributed by atoms with E-state index in [1.807, 2.05) is 0 Å². The van der Waals surface area contributed by atoms with Crippen LogP contribution in [-0.2, 0) is 6.42 Å². The lowest BCUT2D eigenvalue weighted by Crippen LogP contribution is -2.09. The smallest absolute Gasteiger partial charge is 0.135 e. The van der Waals surface area contributed by atoms with Gasteiger partial charge in [0.25, 0.3) is 0 Å². The number of benzene rings is 5. The van der Waals surface area contributed by atoms with Crippen LogP contribution in [0.25, 0.3) is 44.5 Å². The Labute approximate surface area is 246 Å². The fourth-order valence-electron chi connectivity index (χ4n) is 6.44. The molecule has 6 aromatic rings. The standard InChI is InChI=1S/C40H31NO/c1-3-9-28(10-4-1)29-17-22-34(23-18-29)41(33-11-5-2-6-12-33)35-24-19-30(20-25-35)32-16-15-31-21-26-39-40(37(31)27-32)36-13-7-8-14-38(36)42-39/h2-3,5-6,8-12,14-27H,1,4,7,13H2. The van der Waals surface area contributed by atoms with Crippen molar-refractivity contribution in [3.05, 3.63) is 150 Å². The number of nitrogens with zero attached hydrogens (tertiary/aromatic N) is 1. The summed E-state index contributed by atoms with van der Waals surface area (Å²) in [5.74, 6) is 1.01. The van der Waals surface area contributed by atoms with Gasteiger partial charge in [-0.25, -0.2) is 0 Å². The third-order valence-corrected chi connectivity index (χ3v) is 8.56. The maximum Gasteiger partial charge on any atom is 0.135 e. The van der Waals surface area contributed by atoms with Crippen LogP contribution in [0.4, 0.5) is 17.1 Å². The van der Waals surface area contributed by atoms with E-state index in [0.29, 0.717) is 0 Å². The molecule has 2 aliphatic rings. The van der Waals surface area contributed by atoms with Gasteiger partial charge in [-0.3, -0.25) is 0 Å². The van der Waals surface area contributed by atoms with E-state index in [1.54, 1.807) is 0 Å². The van der Waals surface area contributed by atoms with Crippen molar-refractivity contribution in [1.29, 1.82) is 0 Å². The van der Waals surface area contributed by atoms with Gasteiger partial charge in [0.2, 0.25) is 0 Å². The molecule has 5 aromatic carbocycles. The Morgan fingerprint density at radius 1 is 0.571 bits per heavy atom.